The minimum Gasteiger partial charge on any atom is -0.482 e. The molecule has 1 amide bonds. The largest absolute Gasteiger partial charge is 0.482 e. The van der Waals surface area contributed by atoms with Crippen molar-refractivity contribution in [3.05, 3.63) is 58.1 Å². The van der Waals surface area contributed by atoms with Gasteiger partial charge in [-0.3, -0.25) is 4.79 Å². The van der Waals surface area contributed by atoms with Crippen LogP contribution in [0.2, 0.25) is 10.0 Å². The molecule has 1 aliphatic rings. The second-order valence-corrected chi connectivity index (χ2v) is 7.16. The Bertz CT molecular complexity index is 823. The highest BCUT2D eigenvalue weighted by molar-refractivity contribution is 7.80. The van der Waals surface area contributed by atoms with Crippen LogP contribution >= 0.6 is 35.4 Å². The summed E-state index contributed by atoms with van der Waals surface area (Å²) >= 11 is 17.8. The number of amides is 1. The third-order valence-corrected chi connectivity index (χ3v) is 5.20. The number of anilines is 1. The lowest BCUT2D eigenvalue weighted by atomic mass is 10.2. The van der Waals surface area contributed by atoms with Gasteiger partial charge in [0.2, 0.25) is 0 Å². The summed E-state index contributed by atoms with van der Waals surface area (Å²) in [6, 6.07) is 12.4. The second-order valence-electron chi connectivity index (χ2n) is 5.96. The zero-order chi connectivity index (χ0) is 18.5. The molecule has 0 unspecified atom stereocenters. The van der Waals surface area contributed by atoms with Crippen LogP contribution in [0.1, 0.15) is 18.4 Å². The van der Waals surface area contributed by atoms with Gasteiger partial charge in [-0.05, 0) is 43.2 Å². The van der Waals surface area contributed by atoms with Gasteiger partial charge in [0.1, 0.15) is 10.7 Å². The molecular formula is C19H18Cl2N2O2S. The van der Waals surface area contributed by atoms with Crippen LogP contribution in [0.4, 0.5) is 5.69 Å². The quantitative estimate of drug-likeness (QED) is 0.722. The first-order valence-electron chi connectivity index (χ1n) is 8.30. The van der Waals surface area contributed by atoms with Gasteiger partial charge in [0.05, 0.1) is 15.7 Å². The zero-order valence-electron chi connectivity index (χ0n) is 14.0. The van der Waals surface area contributed by atoms with Gasteiger partial charge < -0.3 is 15.0 Å². The van der Waals surface area contributed by atoms with Crippen molar-refractivity contribution in [1.29, 1.82) is 0 Å². The molecule has 1 fully saturated rings. The van der Waals surface area contributed by atoms with Crippen LogP contribution < -0.4 is 10.1 Å². The molecule has 1 aliphatic heterocycles. The van der Waals surface area contributed by atoms with E-state index in [1.165, 1.54) is 0 Å². The molecule has 7 heteroatoms. The lowest BCUT2D eigenvalue weighted by Gasteiger charge is -2.19. The van der Waals surface area contributed by atoms with Crippen LogP contribution in [0.25, 0.3) is 0 Å². The zero-order valence-corrected chi connectivity index (χ0v) is 16.3. The van der Waals surface area contributed by atoms with E-state index in [0.717, 1.165) is 36.5 Å². The molecule has 0 atom stereocenters. The summed E-state index contributed by atoms with van der Waals surface area (Å²) in [5.41, 5.74) is 1.43. The number of para-hydroxylation sites is 1. The molecule has 1 heterocycles. The van der Waals surface area contributed by atoms with Gasteiger partial charge in [-0.2, -0.15) is 0 Å². The first kappa shape index (κ1) is 19.0. The minimum absolute atomic E-state index is 0.166. The summed E-state index contributed by atoms with van der Waals surface area (Å²) in [6.45, 7) is 1.80. The Morgan fingerprint density at radius 3 is 2.54 bits per heavy atom. The standard InChI is InChI=1S/C19H18Cl2N2O2S/c20-14-5-1-2-6-16(14)22-18(24)12-25-17-8-7-13(11-15(17)21)19(26)23-9-3-4-10-23/h1-2,5-8,11H,3-4,9-10,12H2,(H,22,24). The van der Waals surface area contributed by atoms with E-state index in [2.05, 4.69) is 10.2 Å². The van der Waals surface area contributed by atoms with Crippen LogP contribution in [-0.2, 0) is 4.79 Å². The van der Waals surface area contributed by atoms with Crippen molar-refractivity contribution in [2.45, 2.75) is 12.8 Å². The monoisotopic (exact) mass is 408 g/mol. The maximum atomic E-state index is 12.0. The smallest absolute Gasteiger partial charge is 0.262 e. The second kappa shape index (κ2) is 8.71. The predicted molar refractivity (Wildman–Crippen MR) is 110 cm³/mol. The SMILES string of the molecule is O=C(COc1ccc(C(=S)N2CCCC2)cc1Cl)Nc1ccccc1Cl. The Labute approximate surface area is 168 Å². The summed E-state index contributed by atoms with van der Waals surface area (Å²) in [5, 5.41) is 3.60. The van der Waals surface area contributed by atoms with Crippen molar-refractivity contribution in [2.24, 2.45) is 0 Å². The Kier molecular flexibility index (Phi) is 6.35. The maximum Gasteiger partial charge on any atom is 0.262 e. The van der Waals surface area contributed by atoms with E-state index in [-0.39, 0.29) is 12.5 Å². The van der Waals surface area contributed by atoms with Gasteiger partial charge in [0.15, 0.2) is 6.61 Å². The van der Waals surface area contributed by atoms with Gasteiger partial charge in [0.25, 0.3) is 5.91 Å². The molecule has 0 radical (unpaired) electrons. The van der Waals surface area contributed by atoms with Crippen LogP contribution in [-0.4, -0.2) is 35.5 Å². The molecule has 4 nitrogen and oxygen atoms in total. The number of benzene rings is 2. The Balaban J connectivity index is 1.59. The lowest BCUT2D eigenvalue weighted by Crippen LogP contribution is -2.26. The number of ether oxygens (including phenoxy) is 1. The number of thiocarbonyl (C=S) groups is 1. The summed E-state index contributed by atoms with van der Waals surface area (Å²) in [7, 11) is 0. The number of halogens is 2. The number of nitrogens with one attached hydrogen (secondary N) is 1. The summed E-state index contributed by atoms with van der Waals surface area (Å²) < 4.78 is 5.53. The van der Waals surface area contributed by atoms with E-state index in [4.69, 9.17) is 40.2 Å². The highest BCUT2D eigenvalue weighted by Gasteiger charge is 2.17. The average Bonchev–Trinajstić information content (AvgIpc) is 3.16. The van der Waals surface area contributed by atoms with Crippen molar-refractivity contribution in [2.75, 3.05) is 25.0 Å². The Hall–Kier alpha value is -1.82. The summed E-state index contributed by atoms with van der Waals surface area (Å²) in [4.78, 5) is 15.0. The fraction of sp³-hybridized carbons (Fsp3) is 0.263. The molecule has 2 aromatic carbocycles. The normalized spacial score (nSPS) is 13.5. The highest BCUT2D eigenvalue weighted by atomic mass is 35.5. The van der Waals surface area contributed by atoms with Gasteiger partial charge in [-0.1, -0.05) is 47.6 Å². The van der Waals surface area contributed by atoms with Crippen LogP contribution in [0, 0.1) is 0 Å². The molecule has 1 N–H and O–H groups in total. The van der Waals surface area contributed by atoms with Crippen molar-refractivity contribution in [1.82, 2.24) is 4.90 Å². The van der Waals surface area contributed by atoms with E-state index in [9.17, 15) is 4.79 Å². The van der Waals surface area contributed by atoms with Gasteiger partial charge in [0, 0.05) is 18.7 Å². The summed E-state index contributed by atoms with van der Waals surface area (Å²) in [5.74, 6) is 0.125. The van der Waals surface area contributed by atoms with Crippen LogP contribution in [0.15, 0.2) is 42.5 Å². The molecule has 1 saturated heterocycles. The molecule has 0 saturated carbocycles. The predicted octanol–water partition coefficient (Wildman–Crippen LogP) is 4.78. The molecule has 2 aromatic rings. The van der Waals surface area contributed by atoms with E-state index >= 15 is 0 Å². The number of rotatable bonds is 5. The number of hydrogen-bond acceptors (Lipinski definition) is 3. The maximum absolute atomic E-state index is 12.0. The van der Waals surface area contributed by atoms with E-state index < -0.39 is 0 Å². The fourth-order valence-corrected chi connectivity index (χ4v) is 3.47. The Morgan fingerprint density at radius 1 is 1.12 bits per heavy atom. The van der Waals surface area contributed by atoms with E-state index in [1.54, 1.807) is 36.4 Å². The van der Waals surface area contributed by atoms with Crippen molar-refractivity contribution < 1.29 is 9.53 Å². The lowest BCUT2D eigenvalue weighted by molar-refractivity contribution is -0.118. The molecule has 0 aromatic heterocycles. The third kappa shape index (κ3) is 4.67. The number of nitrogens with zero attached hydrogens (tertiary/aromatic N) is 1. The van der Waals surface area contributed by atoms with Crippen molar-refractivity contribution in [3.8, 4) is 5.75 Å². The van der Waals surface area contributed by atoms with E-state index in [0.29, 0.717) is 21.5 Å². The number of carbonyl (C=O) groups is 1. The number of carbonyl (C=O) groups excluding carboxylic acids is 1. The fourth-order valence-electron chi connectivity index (χ4n) is 2.75. The first-order chi connectivity index (χ1) is 12.5. The number of hydrogen-bond donors (Lipinski definition) is 1. The molecule has 26 heavy (non-hydrogen) atoms. The summed E-state index contributed by atoms with van der Waals surface area (Å²) in [6.07, 6.45) is 2.32. The van der Waals surface area contributed by atoms with Crippen molar-refractivity contribution >= 4 is 52.0 Å². The molecule has 136 valence electrons. The van der Waals surface area contributed by atoms with Crippen LogP contribution in [0.5, 0.6) is 5.75 Å². The molecule has 0 bridgehead atoms. The first-order valence-corrected chi connectivity index (χ1v) is 9.47. The highest BCUT2D eigenvalue weighted by Crippen LogP contribution is 2.27. The Morgan fingerprint density at radius 2 is 1.85 bits per heavy atom. The molecule has 3 rings (SSSR count). The average molecular weight is 409 g/mol. The third-order valence-electron chi connectivity index (χ3n) is 4.08. The van der Waals surface area contributed by atoms with E-state index in [1.807, 2.05) is 6.07 Å². The van der Waals surface area contributed by atoms with Gasteiger partial charge >= 0.3 is 0 Å². The van der Waals surface area contributed by atoms with Gasteiger partial charge in [-0.15, -0.1) is 0 Å². The topological polar surface area (TPSA) is 41.6 Å². The minimum atomic E-state index is -0.314. The molecule has 0 aliphatic carbocycles. The molecular weight excluding hydrogens is 391 g/mol. The molecule has 0 spiro atoms. The van der Waals surface area contributed by atoms with Gasteiger partial charge in [-0.25, -0.2) is 0 Å². The van der Waals surface area contributed by atoms with Crippen molar-refractivity contribution in [3.63, 3.8) is 0 Å². The van der Waals surface area contributed by atoms with Crippen LogP contribution in [0.3, 0.4) is 0 Å². The number of likely N-dealkylation sites (tertiary alicyclic amines) is 1.